The molecule has 3 aromatic rings. The fourth-order valence-corrected chi connectivity index (χ4v) is 4.73. The summed E-state index contributed by atoms with van der Waals surface area (Å²) in [6.07, 6.45) is 1.66. The van der Waals surface area contributed by atoms with Crippen molar-refractivity contribution >= 4 is 57.9 Å². The van der Waals surface area contributed by atoms with Gasteiger partial charge in [-0.15, -0.1) is 22.7 Å². The number of nitriles is 1. The van der Waals surface area contributed by atoms with Gasteiger partial charge in [0.15, 0.2) is 0 Å². The van der Waals surface area contributed by atoms with Crippen LogP contribution in [0.3, 0.4) is 0 Å². The highest BCUT2D eigenvalue weighted by Gasteiger charge is 2.14. The second kappa shape index (κ2) is 7.82. The predicted octanol–water partition coefficient (Wildman–Crippen LogP) is 6.40. The van der Waals surface area contributed by atoms with Gasteiger partial charge in [-0.1, -0.05) is 29.4 Å². The number of halogens is 1. The van der Waals surface area contributed by atoms with Crippen LogP contribution in [0.2, 0.25) is 5.02 Å². The van der Waals surface area contributed by atoms with Gasteiger partial charge in [0.25, 0.3) is 0 Å². The van der Waals surface area contributed by atoms with E-state index >= 15 is 0 Å². The lowest BCUT2D eigenvalue weighted by Gasteiger charge is -2.02. The summed E-state index contributed by atoms with van der Waals surface area (Å²) in [6, 6.07) is 15.1. The number of ketones is 1. The van der Waals surface area contributed by atoms with E-state index in [9.17, 15) is 10.1 Å². The molecule has 0 unspecified atom stereocenters. The summed E-state index contributed by atoms with van der Waals surface area (Å²) in [6.45, 7) is 0. The Bertz CT molecular complexity index is 918. The highest BCUT2D eigenvalue weighted by atomic mass is 35.5. The van der Waals surface area contributed by atoms with Crippen LogP contribution in [0.4, 0.5) is 0 Å². The van der Waals surface area contributed by atoms with Crippen LogP contribution in [0.5, 0.6) is 0 Å². The normalized spacial score (nSPS) is 11.2. The Labute approximate surface area is 157 Å². The Morgan fingerprint density at radius 2 is 1.92 bits per heavy atom. The van der Waals surface area contributed by atoms with Crippen molar-refractivity contribution in [3.05, 3.63) is 74.3 Å². The van der Waals surface area contributed by atoms with Crippen molar-refractivity contribution in [1.29, 1.82) is 5.26 Å². The number of hydrogen-bond donors (Lipinski definition) is 0. The van der Waals surface area contributed by atoms with E-state index in [1.54, 1.807) is 41.3 Å². The number of carbonyl (C=O) groups excluding carboxylic acids is 1. The molecule has 1 aromatic carbocycles. The third-order valence-corrected chi connectivity index (χ3v) is 6.40. The lowest BCUT2D eigenvalue weighted by Crippen LogP contribution is -1.98. The van der Waals surface area contributed by atoms with Crippen molar-refractivity contribution in [3.63, 3.8) is 0 Å². The first-order valence-electron chi connectivity index (χ1n) is 6.88. The number of nitrogens with zero attached hydrogens (tertiary/aromatic N) is 1. The Balaban J connectivity index is 1.87. The Morgan fingerprint density at radius 3 is 2.58 bits per heavy atom. The van der Waals surface area contributed by atoms with Gasteiger partial charge < -0.3 is 0 Å². The van der Waals surface area contributed by atoms with Gasteiger partial charge in [-0.2, -0.15) is 5.26 Å². The zero-order valence-electron chi connectivity index (χ0n) is 12.2. The van der Waals surface area contributed by atoms with E-state index in [4.69, 9.17) is 11.6 Å². The van der Waals surface area contributed by atoms with Gasteiger partial charge in [0.05, 0.1) is 9.09 Å². The smallest absolute Gasteiger partial charge is 0.213 e. The van der Waals surface area contributed by atoms with Crippen LogP contribution in [0.1, 0.15) is 15.2 Å². The minimum Gasteiger partial charge on any atom is -0.287 e. The Morgan fingerprint density at radius 1 is 1.12 bits per heavy atom. The van der Waals surface area contributed by atoms with E-state index in [-0.39, 0.29) is 11.4 Å². The predicted molar refractivity (Wildman–Crippen MR) is 102 cm³/mol. The number of benzene rings is 1. The van der Waals surface area contributed by atoms with Crippen LogP contribution >= 0.6 is 46.0 Å². The molecular formula is C18H10ClNOS3. The van der Waals surface area contributed by atoms with Gasteiger partial charge in [0.1, 0.15) is 11.6 Å². The van der Waals surface area contributed by atoms with Crippen LogP contribution in [-0.2, 0) is 0 Å². The van der Waals surface area contributed by atoms with Crippen LogP contribution in [0.15, 0.2) is 67.9 Å². The molecule has 0 saturated carbocycles. The molecule has 0 spiro atoms. The van der Waals surface area contributed by atoms with Gasteiger partial charge in [-0.3, -0.25) is 4.79 Å². The SMILES string of the molecule is N#C/C(=C\c1ccsc1Sc1ccc(Cl)cc1)C(=O)c1cccs1. The van der Waals surface area contributed by atoms with Crippen molar-refractivity contribution in [2.24, 2.45) is 0 Å². The van der Waals surface area contributed by atoms with Gasteiger partial charge in [-0.05, 0) is 53.2 Å². The summed E-state index contributed by atoms with van der Waals surface area (Å²) in [5.41, 5.74) is 1.02. The highest BCUT2D eigenvalue weighted by Crippen LogP contribution is 2.36. The molecule has 2 aromatic heterocycles. The molecule has 0 aliphatic carbocycles. The minimum absolute atomic E-state index is 0.147. The summed E-state index contributed by atoms with van der Waals surface area (Å²) >= 11 is 10.4. The summed E-state index contributed by atoms with van der Waals surface area (Å²) in [5.74, 6) is -0.235. The van der Waals surface area contributed by atoms with Crippen molar-refractivity contribution < 1.29 is 4.79 Å². The first-order valence-corrected chi connectivity index (χ1v) is 9.83. The number of allylic oxidation sites excluding steroid dienone is 1. The highest BCUT2D eigenvalue weighted by molar-refractivity contribution is 8.01. The van der Waals surface area contributed by atoms with Crippen LogP contribution in [0, 0.1) is 11.3 Å². The number of rotatable bonds is 5. The lowest BCUT2D eigenvalue weighted by molar-refractivity contribution is 0.104. The monoisotopic (exact) mass is 387 g/mol. The molecule has 0 fully saturated rings. The molecular weight excluding hydrogens is 378 g/mol. The fourth-order valence-electron chi connectivity index (χ4n) is 1.95. The molecule has 0 aliphatic heterocycles. The van der Waals surface area contributed by atoms with Gasteiger partial charge in [-0.25, -0.2) is 0 Å². The molecule has 2 heterocycles. The van der Waals surface area contributed by atoms with Crippen molar-refractivity contribution in [2.75, 3.05) is 0 Å². The lowest BCUT2D eigenvalue weighted by atomic mass is 10.1. The molecule has 0 saturated heterocycles. The van der Waals surface area contributed by atoms with Crippen LogP contribution < -0.4 is 0 Å². The van der Waals surface area contributed by atoms with Gasteiger partial charge in [0.2, 0.25) is 5.78 Å². The molecule has 0 amide bonds. The van der Waals surface area contributed by atoms with Crippen molar-refractivity contribution in [1.82, 2.24) is 0 Å². The first kappa shape index (κ1) is 17.0. The first-order chi connectivity index (χ1) is 11.7. The molecule has 2 nitrogen and oxygen atoms in total. The standard InChI is InChI=1S/C18H10ClNOS3/c19-14-3-5-15(6-4-14)24-18-12(7-9-23-18)10-13(11-20)17(21)16-2-1-8-22-16/h1-10H/b13-10+. The summed E-state index contributed by atoms with van der Waals surface area (Å²) in [4.78, 5) is 14.0. The number of thiophene rings is 2. The molecule has 6 heteroatoms. The third kappa shape index (κ3) is 3.97. The van der Waals surface area contributed by atoms with Crippen LogP contribution in [-0.4, -0.2) is 5.78 Å². The topological polar surface area (TPSA) is 40.9 Å². The maximum Gasteiger partial charge on any atom is 0.213 e. The molecule has 0 atom stereocenters. The molecule has 118 valence electrons. The molecule has 0 radical (unpaired) electrons. The zero-order chi connectivity index (χ0) is 16.9. The zero-order valence-corrected chi connectivity index (χ0v) is 15.4. The second-order valence-electron chi connectivity index (χ2n) is 4.70. The average Bonchev–Trinajstić information content (AvgIpc) is 3.26. The summed E-state index contributed by atoms with van der Waals surface area (Å²) in [7, 11) is 0. The average molecular weight is 388 g/mol. The van der Waals surface area contributed by atoms with E-state index in [0.29, 0.717) is 9.90 Å². The molecule has 24 heavy (non-hydrogen) atoms. The second-order valence-corrected chi connectivity index (χ2v) is 8.34. The van der Waals surface area contributed by atoms with Crippen molar-refractivity contribution in [2.45, 2.75) is 9.10 Å². The summed E-state index contributed by atoms with van der Waals surface area (Å²) < 4.78 is 1.03. The van der Waals surface area contributed by atoms with E-state index in [1.807, 2.05) is 47.2 Å². The number of Topliss-reactive ketones (excluding diaryl/α,β-unsaturated/α-hetero) is 1. The quantitative estimate of drug-likeness (QED) is 0.288. The molecule has 3 rings (SSSR count). The Hall–Kier alpha value is -1.84. The molecule has 0 aliphatic rings. The van der Waals surface area contributed by atoms with E-state index < -0.39 is 0 Å². The fraction of sp³-hybridized carbons (Fsp3) is 0. The molecule has 0 bridgehead atoms. The van der Waals surface area contributed by atoms with Crippen LogP contribution in [0.25, 0.3) is 6.08 Å². The molecule has 0 N–H and O–H groups in total. The largest absolute Gasteiger partial charge is 0.287 e. The van der Waals surface area contributed by atoms with Gasteiger partial charge in [0, 0.05) is 15.5 Å². The van der Waals surface area contributed by atoms with Gasteiger partial charge >= 0.3 is 0 Å². The van der Waals surface area contributed by atoms with E-state index in [2.05, 4.69) is 0 Å². The maximum absolute atomic E-state index is 12.4. The third-order valence-electron chi connectivity index (χ3n) is 3.09. The minimum atomic E-state index is -0.235. The summed E-state index contributed by atoms with van der Waals surface area (Å²) in [5, 5.41) is 13.8. The van der Waals surface area contributed by atoms with E-state index in [1.165, 1.54) is 11.3 Å². The van der Waals surface area contributed by atoms with Crippen molar-refractivity contribution in [3.8, 4) is 6.07 Å². The maximum atomic E-state index is 12.4. The number of carbonyl (C=O) groups is 1. The Kier molecular flexibility index (Phi) is 5.54. The van der Waals surface area contributed by atoms with E-state index in [0.717, 1.165) is 14.7 Å². The number of hydrogen-bond acceptors (Lipinski definition) is 5.